The zero-order valence-corrected chi connectivity index (χ0v) is 20.4. The van der Waals surface area contributed by atoms with E-state index >= 15 is 0 Å². The van der Waals surface area contributed by atoms with Crippen LogP contribution >= 0.6 is 0 Å². The van der Waals surface area contributed by atoms with Gasteiger partial charge in [-0.2, -0.15) is 0 Å². The number of hydrogen-bond acceptors (Lipinski definition) is 6. The Kier molecular flexibility index (Phi) is 5.91. The molecule has 0 spiro atoms. The number of likely N-dealkylation sites (tertiary alicyclic amines) is 2. The Morgan fingerprint density at radius 2 is 1.79 bits per heavy atom. The van der Waals surface area contributed by atoms with Crippen LogP contribution in [0.2, 0.25) is 0 Å². The molecule has 2 amide bonds. The molecule has 8 nitrogen and oxygen atoms in total. The normalized spacial score (nSPS) is 19.7. The summed E-state index contributed by atoms with van der Waals surface area (Å²) in [5.74, 6) is 2.27. The van der Waals surface area contributed by atoms with E-state index < -0.39 is 0 Å². The third-order valence-electron chi connectivity index (χ3n) is 7.26. The van der Waals surface area contributed by atoms with Crippen molar-refractivity contribution in [1.29, 1.82) is 0 Å². The molecule has 2 aliphatic rings. The molecule has 1 unspecified atom stereocenters. The standard InChI is InChI=1S/C26H32N4O4/c1-15-6-5-9-30(14-15)25(31)19-7-10-29(11-8-19)26(32)21-13-22(20-12-16(2)33-18(20)4)27-24-23(21)17(3)28-34-24/h12-13,15,19H,5-11,14H2,1-4H3. The van der Waals surface area contributed by atoms with Crippen molar-refractivity contribution in [3.63, 3.8) is 0 Å². The fraction of sp³-hybridized carbons (Fsp3) is 0.538. The maximum Gasteiger partial charge on any atom is 0.259 e. The molecule has 1 atom stereocenters. The van der Waals surface area contributed by atoms with E-state index in [0.717, 1.165) is 36.6 Å². The smallest absolute Gasteiger partial charge is 0.259 e. The average molecular weight is 465 g/mol. The maximum atomic E-state index is 13.7. The molecule has 0 N–H and O–H groups in total. The van der Waals surface area contributed by atoms with E-state index in [-0.39, 0.29) is 17.7 Å². The van der Waals surface area contributed by atoms with Crippen LogP contribution in [0.1, 0.15) is 60.2 Å². The van der Waals surface area contributed by atoms with Gasteiger partial charge >= 0.3 is 0 Å². The number of amides is 2. The third kappa shape index (κ3) is 4.10. The molecule has 0 bridgehead atoms. The average Bonchev–Trinajstić information content (AvgIpc) is 3.38. The zero-order valence-electron chi connectivity index (χ0n) is 20.4. The first-order valence-corrected chi connectivity index (χ1v) is 12.2. The molecule has 180 valence electrons. The first-order chi connectivity index (χ1) is 16.3. The lowest BCUT2D eigenvalue weighted by Gasteiger charge is -2.37. The lowest BCUT2D eigenvalue weighted by Crippen LogP contribution is -2.47. The number of nitrogens with zero attached hydrogens (tertiary/aromatic N) is 4. The van der Waals surface area contributed by atoms with Crippen LogP contribution in [-0.2, 0) is 4.79 Å². The van der Waals surface area contributed by atoms with Crippen LogP contribution in [0.4, 0.5) is 0 Å². The summed E-state index contributed by atoms with van der Waals surface area (Å²) in [7, 11) is 0. The van der Waals surface area contributed by atoms with Crippen molar-refractivity contribution in [1.82, 2.24) is 19.9 Å². The largest absolute Gasteiger partial charge is 0.466 e. The van der Waals surface area contributed by atoms with Gasteiger partial charge in [0.05, 0.1) is 22.3 Å². The Morgan fingerprint density at radius 3 is 2.47 bits per heavy atom. The van der Waals surface area contributed by atoms with Gasteiger partial charge in [0.25, 0.3) is 11.6 Å². The van der Waals surface area contributed by atoms with E-state index in [1.807, 2.05) is 42.7 Å². The van der Waals surface area contributed by atoms with Gasteiger partial charge in [0.15, 0.2) is 0 Å². The predicted molar refractivity (Wildman–Crippen MR) is 127 cm³/mol. The number of pyridine rings is 1. The van der Waals surface area contributed by atoms with Crippen LogP contribution in [0.15, 0.2) is 21.1 Å². The van der Waals surface area contributed by atoms with Crippen LogP contribution in [0.3, 0.4) is 0 Å². The fourth-order valence-electron chi connectivity index (χ4n) is 5.43. The summed E-state index contributed by atoms with van der Waals surface area (Å²) in [6.07, 6.45) is 3.66. The van der Waals surface area contributed by atoms with Gasteiger partial charge in [-0.25, -0.2) is 4.98 Å². The van der Waals surface area contributed by atoms with Crippen molar-refractivity contribution in [2.45, 2.75) is 53.4 Å². The SMILES string of the molecule is Cc1cc(-c2cc(C(=O)N3CCC(C(=O)N4CCCC(C)C4)CC3)c3c(C)noc3n2)c(C)o1. The van der Waals surface area contributed by atoms with Crippen LogP contribution in [-0.4, -0.2) is 57.9 Å². The molecule has 5 rings (SSSR count). The summed E-state index contributed by atoms with van der Waals surface area (Å²) in [6, 6.07) is 3.73. The van der Waals surface area contributed by atoms with Crippen molar-refractivity contribution in [2.75, 3.05) is 26.2 Å². The number of furan rings is 1. The molecule has 0 aliphatic carbocycles. The molecular formula is C26H32N4O4. The number of piperidine rings is 2. The van der Waals surface area contributed by atoms with Gasteiger partial charge in [-0.3, -0.25) is 9.59 Å². The van der Waals surface area contributed by atoms with Crippen molar-refractivity contribution in [2.24, 2.45) is 11.8 Å². The lowest BCUT2D eigenvalue weighted by molar-refractivity contribution is -0.138. The number of carbonyl (C=O) groups is 2. The van der Waals surface area contributed by atoms with Gasteiger partial charge in [0.2, 0.25) is 5.91 Å². The first-order valence-electron chi connectivity index (χ1n) is 12.2. The molecule has 0 aromatic carbocycles. The Balaban J connectivity index is 1.37. The van der Waals surface area contributed by atoms with E-state index in [0.29, 0.717) is 59.9 Å². The summed E-state index contributed by atoms with van der Waals surface area (Å²) in [5, 5.41) is 4.70. The quantitative estimate of drug-likeness (QED) is 0.566. The highest BCUT2D eigenvalue weighted by Gasteiger charge is 2.33. The number of fused-ring (bicyclic) bond motifs is 1. The minimum Gasteiger partial charge on any atom is -0.466 e. The molecule has 8 heteroatoms. The van der Waals surface area contributed by atoms with Gasteiger partial charge < -0.3 is 18.7 Å². The Morgan fingerprint density at radius 1 is 1.03 bits per heavy atom. The summed E-state index contributed by atoms with van der Waals surface area (Å²) in [6.45, 7) is 10.6. The van der Waals surface area contributed by atoms with Gasteiger partial charge in [-0.15, -0.1) is 0 Å². The van der Waals surface area contributed by atoms with Gasteiger partial charge in [-0.1, -0.05) is 12.1 Å². The molecule has 3 aromatic heterocycles. The molecule has 2 fully saturated rings. The second kappa shape index (κ2) is 8.89. The molecule has 0 radical (unpaired) electrons. The molecule has 5 heterocycles. The van der Waals surface area contributed by atoms with E-state index in [9.17, 15) is 9.59 Å². The maximum absolute atomic E-state index is 13.7. The van der Waals surface area contributed by atoms with Crippen molar-refractivity contribution in [3.05, 3.63) is 34.9 Å². The minimum absolute atomic E-state index is 0.00347. The summed E-state index contributed by atoms with van der Waals surface area (Å²) >= 11 is 0. The number of rotatable bonds is 3. The van der Waals surface area contributed by atoms with Crippen molar-refractivity contribution in [3.8, 4) is 11.3 Å². The first kappa shape index (κ1) is 22.6. The van der Waals surface area contributed by atoms with Crippen molar-refractivity contribution < 1.29 is 18.5 Å². The minimum atomic E-state index is -0.0738. The predicted octanol–water partition coefficient (Wildman–Crippen LogP) is 4.52. The lowest BCUT2D eigenvalue weighted by atomic mass is 9.92. The van der Waals surface area contributed by atoms with E-state index in [2.05, 4.69) is 17.1 Å². The van der Waals surface area contributed by atoms with Gasteiger partial charge in [0, 0.05) is 37.7 Å². The van der Waals surface area contributed by atoms with Crippen molar-refractivity contribution >= 4 is 22.9 Å². The highest BCUT2D eigenvalue weighted by Crippen LogP contribution is 2.32. The third-order valence-corrected chi connectivity index (χ3v) is 7.26. The number of carbonyl (C=O) groups excluding carboxylic acids is 2. The van der Waals surface area contributed by atoms with E-state index in [1.54, 1.807) is 0 Å². The molecule has 34 heavy (non-hydrogen) atoms. The second-order valence-corrected chi connectivity index (χ2v) is 9.93. The van der Waals surface area contributed by atoms with Crippen LogP contribution in [0.25, 0.3) is 22.4 Å². The van der Waals surface area contributed by atoms with Crippen LogP contribution in [0, 0.1) is 32.6 Å². The Labute approximate surface area is 199 Å². The van der Waals surface area contributed by atoms with Crippen LogP contribution < -0.4 is 0 Å². The fourth-order valence-corrected chi connectivity index (χ4v) is 5.43. The monoisotopic (exact) mass is 464 g/mol. The van der Waals surface area contributed by atoms with Gasteiger partial charge in [0.1, 0.15) is 11.5 Å². The Bertz CT molecular complexity index is 1240. The highest BCUT2D eigenvalue weighted by atomic mass is 16.5. The second-order valence-electron chi connectivity index (χ2n) is 9.93. The molecule has 3 aromatic rings. The highest BCUT2D eigenvalue weighted by molar-refractivity contribution is 6.07. The number of hydrogen-bond donors (Lipinski definition) is 0. The number of aryl methyl sites for hydroxylation is 3. The molecular weight excluding hydrogens is 432 g/mol. The zero-order chi connectivity index (χ0) is 24.0. The van der Waals surface area contributed by atoms with Crippen LogP contribution in [0.5, 0.6) is 0 Å². The topological polar surface area (TPSA) is 92.7 Å². The summed E-state index contributed by atoms with van der Waals surface area (Å²) in [5.41, 5.74) is 2.99. The number of aromatic nitrogens is 2. The summed E-state index contributed by atoms with van der Waals surface area (Å²) in [4.78, 5) is 35.2. The van der Waals surface area contributed by atoms with E-state index in [4.69, 9.17) is 8.94 Å². The Hall–Kier alpha value is -3.16. The molecule has 0 saturated carbocycles. The van der Waals surface area contributed by atoms with Gasteiger partial charge in [-0.05, 0) is 64.5 Å². The van der Waals surface area contributed by atoms with E-state index in [1.165, 1.54) is 6.42 Å². The summed E-state index contributed by atoms with van der Waals surface area (Å²) < 4.78 is 11.1. The molecule has 2 aliphatic heterocycles. The molecule has 2 saturated heterocycles.